The molecule has 0 aliphatic carbocycles. The molecule has 1 fully saturated rings. The van der Waals surface area contributed by atoms with E-state index >= 15 is 0 Å². The second-order valence-corrected chi connectivity index (χ2v) is 4.64. The van der Waals surface area contributed by atoms with E-state index in [4.69, 9.17) is 4.42 Å². The zero-order valence-corrected chi connectivity index (χ0v) is 10.3. The maximum Gasteiger partial charge on any atom is 0.0947 e. The summed E-state index contributed by atoms with van der Waals surface area (Å²) < 4.78 is 5.14. The minimum absolute atomic E-state index is 0.648. The number of nitrogens with one attached hydrogen (secondary N) is 1. The molecule has 1 aliphatic heterocycles. The van der Waals surface area contributed by atoms with Crippen molar-refractivity contribution in [2.75, 3.05) is 13.1 Å². The van der Waals surface area contributed by atoms with Crippen LogP contribution in [-0.2, 0) is 6.54 Å². The standard InChI is InChI=1S/C13H22N2O/c1-3-12-9-15(13(4-2)7-14-12)8-11-5-6-16-10-11/h5-6,10,12-14H,3-4,7-9H2,1-2H3. The van der Waals surface area contributed by atoms with E-state index in [1.165, 1.54) is 18.4 Å². The first-order chi connectivity index (χ1) is 7.83. The molecule has 1 aromatic rings. The van der Waals surface area contributed by atoms with Gasteiger partial charge in [-0.25, -0.2) is 0 Å². The van der Waals surface area contributed by atoms with Gasteiger partial charge >= 0.3 is 0 Å². The Kier molecular flexibility index (Phi) is 4.02. The van der Waals surface area contributed by atoms with Crippen LogP contribution >= 0.6 is 0 Å². The summed E-state index contributed by atoms with van der Waals surface area (Å²) in [7, 11) is 0. The number of rotatable bonds is 4. The molecule has 2 heterocycles. The van der Waals surface area contributed by atoms with Gasteiger partial charge in [-0.3, -0.25) is 4.90 Å². The van der Waals surface area contributed by atoms with Crippen LogP contribution in [-0.4, -0.2) is 30.1 Å². The highest BCUT2D eigenvalue weighted by Gasteiger charge is 2.25. The maximum atomic E-state index is 5.14. The second kappa shape index (κ2) is 5.51. The van der Waals surface area contributed by atoms with Crippen molar-refractivity contribution < 1.29 is 4.42 Å². The number of nitrogens with zero attached hydrogens (tertiary/aromatic N) is 1. The third-order valence-corrected chi connectivity index (χ3v) is 3.54. The van der Waals surface area contributed by atoms with Crippen molar-refractivity contribution >= 4 is 0 Å². The van der Waals surface area contributed by atoms with Crippen molar-refractivity contribution in [3.05, 3.63) is 24.2 Å². The van der Waals surface area contributed by atoms with Crippen LogP contribution in [0.2, 0.25) is 0 Å². The summed E-state index contributed by atoms with van der Waals surface area (Å²) in [6.45, 7) is 7.81. The van der Waals surface area contributed by atoms with Crippen molar-refractivity contribution in [2.24, 2.45) is 0 Å². The summed E-state index contributed by atoms with van der Waals surface area (Å²) >= 11 is 0. The molecule has 0 spiro atoms. The molecule has 3 nitrogen and oxygen atoms in total. The van der Waals surface area contributed by atoms with Crippen LogP contribution < -0.4 is 5.32 Å². The minimum atomic E-state index is 0.648. The predicted octanol–water partition coefficient (Wildman–Crippen LogP) is 2.24. The molecule has 2 atom stereocenters. The van der Waals surface area contributed by atoms with Crippen molar-refractivity contribution in [1.82, 2.24) is 10.2 Å². The summed E-state index contributed by atoms with van der Waals surface area (Å²) in [6, 6.07) is 3.38. The Labute approximate surface area is 97.8 Å². The molecule has 1 aliphatic rings. The SMILES string of the molecule is CCC1CN(Cc2ccoc2)C(CC)CN1. The highest BCUT2D eigenvalue weighted by Crippen LogP contribution is 2.16. The van der Waals surface area contributed by atoms with E-state index in [0.717, 1.165) is 19.6 Å². The Morgan fingerprint density at radius 2 is 2.31 bits per heavy atom. The Morgan fingerprint density at radius 1 is 1.44 bits per heavy atom. The second-order valence-electron chi connectivity index (χ2n) is 4.64. The lowest BCUT2D eigenvalue weighted by molar-refractivity contribution is 0.117. The summed E-state index contributed by atoms with van der Waals surface area (Å²) in [6.07, 6.45) is 6.03. The van der Waals surface area contributed by atoms with Gasteiger partial charge in [0.05, 0.1) is 12.5 Å². The van der Waals surface area contributed by atoms with Crippen LogP contribution in [0.1, 0.15) is 32.3 Å². The van der Waals surface area contributed by atoms with Gasteiger partial charge in [0, 0.05) is 37.3 Å². The molecule has 0 bridgehead atoms. The van der Waals surface area contributed by atoms with Crippen LogP contribution in [0.3, 0.4) is 0 Å². The van der Waals surface area contributed by atoms with Crippen molar-refractivity contribution in [3.8, 4) is 0 Å². The number of piperazine rings is 1. The fraction of sp³-hybridized carbons (Fsp3) is 0.692. The molecule has 0 saturated carbocycles. The fourth-order valence-corrected chi connectivity index (χ4v) is 2.42. The van der Waals surface area contributed by atoms with Gasteiger partial charge in [-0.2, -0.15) is 0 Å². The molecule has 16 heavy (non-hydrogen) atoms. The molecule has 2 rings (SSSR count). The molecule has 90 valence electrons. The monoisotopic (exact) mass is 222 g/mol. The molecule has 0 amide bonds. The van der Waals surface area contributed by atoms with E-state index in [9.17, 15) is 0 Å². The lowest BCUT2D eigenvalue weighted by Crippen LogP contribution is -2.55. The van der Waals surface area contributed by atoms with Crippen LogP contribution in [0.5, 0.6) is 0 Å². The van der Waals surface area contributed by atoms with E-state index < -0.39 is 0 Å². The quantitative estimate of drug-likeness (QED) is 0.847. The minimum Gasteiger partial charge on any atom is -0.472 e. The first-order valence-corrected chi connectivity index (χ1v) is 6.32. The van der Waals surface area contributed by atoms with Crippen molar-refractivity contribution in [2.45, 2.75) is 45.3 Å². The third-order valence-electron chi connectivity index (χ3n) is 3.54. The normalized spacial score (nSPS) is 27.1. The van der Waals surface area contributed by atoms with Gasteiger partial charge in [0.15, 0.2) is 0 Å². The van der Waals surface area contributed by atoms with E-state index in [2.05, 4.69) is 30.1 Å². The average molecular weight is 222 g/mol. The molecule has 1 N–H and O–H groups in total. The Morgan fingerprint density at radius 3 is 2.94 bits per heavy atom. The van der Waals surface area contributed by atoms with Crippen LogP contribution in [0, 0.1) is 0 Å². The Balaban J connectivity index is 1.97. The molecule has 1 aromatic heterocycles. The van der Waals surface area contributed by atoms with E-state index in [1.54, 1.807) is 6.26 Å². The number of hydrogen-bond donors (Lipinski definition) is 1. The molecular formula is C13H22N2O. The van der Waals surface area contributed by atoms with Crippen LogP contribution in [0.15, 0.2) is 23.0 Å². The lowest BCUT2D eigenvalue weighted by atomic mass is 10.0. The summed E-state index contributed by atoms with van der Waals surface area (Å²) in [5.74, 6) is 0. The lowest BCUT2D eigenvalue weighted by Gasteiger charge is -2.39. The predicted molar refractivity (Wildman–Crippen MR) is 65.3 cm³/mol. The van der Waals surface area contributed by atoms with Gasteiger partial charge in [0.25, 0.3) is 0 Å². The van der Waals surface area contributed by atoms with Crippen LogP contribution in [0.4, 0.5) is 0 Å². The van der Waals surface area contributed by atoms with E-state index in [1.807, 2.05) is 6.26 Å². The summed E-state index contributed by atoms with van der Waals surface area (Å²) in [5, 5.41) is 3.61. The number of hydrogen-bond acceptors (Lipinski definition) is 3. The number of furan rings is 1. The zero-order chi connectivity index (χ0) is 11.4. The molecular weight excluding hydrogens is 200 g/mol. The first kappa shape index (κ1) is 11.7. The smallest absolute Gasteiger partial charge is 0.0947 e. The highest BCUT2D eigenvalue weighted by atomic mass is 16.3. The van der Waals surface area contributed by atoms with Crippen molar-refractivity contribution in [3.63, 3.8) is 0 Å². The largest absolute Gasteiger partial charge is 0.472 e. The molecule has 2 unspecified atom stereocenters. The molecule has 0 radical (unpaired) electrons. The highest BCUT2D eigenvalue weighted by molar-refractivity contribution is 5.06. The fourth-order valence-electron chi connectivity index (χ4n) is 2.42. The summed E-state index contributed by atoms with van der Waals surface area (Å²) in [4.78, 5) is 2.58. The van der Waals surface area contributed by atoms with Gasteiger partial charge in [-0.1, -0.05) is 13.8 Å². The molecule has 3 heteroatoms. The van der Waals surface area contributed by atoms with Crippen molar-refractivity contribution in [1.29, 1.82) is 0 Å². The van der Waals surface area contributed by atoms with Gasteiger partial charge in [0.1, 0.15) is 0 Å². The zero-order valence-electron chi connectivity index (χ0n) is 10.3. The Hall–Kier alpha value is -0.800. The first-order valence-electron chi connectivity index (χ1n) is 6.32. The topological polar surface area (TPSA) is 28.4 Å². The molecule has 1 saturated heterocycles. The van der Waals surface area contributed by atoms with Gasteiger partial charge in [-0.15, -0.1) is 0 Å². The van der Waals surface area contributed by atoms with Gasteiger partial charge < -0.3 is 9.73 Å². The van der Waals surface area contributed by atoms with Gasteiger partial charge in [-0.05, 0) is 18.9 Å². The third kappa shape index (κ3) is 2.66. The van der Waals surface area contributed by atoms with E-state index in [0.29, 0.717) is 12.1 Å². The van der Waals surface area contributed by atoms with Gasteiger partial charge in [0.2, 0.25) is 0 Å². The van der Waals surface area contributed by atoms with Crippen LogP contribution in [0.25, 0.3) is 0 Å². The van der Waals surface area contributed by atoms with E-state index in [-0.39, 0.29) is 0 Å². The maximum absolute atomic E-state index is 5.14. The Bertz CT molecular complexity index is 297. The molecule has 0 aromatic carbocycles. The summed E-state index contributed by atoms with van der Waals surface area (Å²) in [5.41, 5.74) is 1.29. The average Bonchev–Trinajstić information content (AvgIpc) is 2.82.